The van der Waals surface area contributed by atoms with Gasteiger partial charge in [-0.05, 0) is 30.7 Å². The monoisotopic (exact) mass is 312 g/mol. The Hall–Kier alpha value is -1.75. The Labute approximate surface area is 130 Å². The quantitative estimate of drug-likeness (QED) is 0.346. The molecule has 1 N–H and O–H groups in total. The Balaban J connectivity index is 2.44. The molecule has 0 aliphatic rings. The van der Waals surface area contributed by atoms with Gasteiger partial charge in [-0.25, -0.2) is 4.79 Å². The Morgan fingerprint density at radius 3 is 2.57 bits per heavy atom. The maximum atomic E-state index is 11.5. The lowest BCUT2D eigenvalue weighted by Crippen LogP contribution is -2.12. The van der Waals surface area contributed by atoms with Crippen molar-refractivity contribution in [2.75, 3.05) is 11.9 Å². The van der Waals surface area contributed by atoms with Crippen LogP contribution in [0.25, 0.3) is 0 Å². The number of rotatable bonds is 7. The zero-order valence-electron chi connectivity index (χ0n) is 12.6. The van der Waals surface area contributed by atoms with Crippen molar-refractivity contribution in [1.82, 2.24) is 0 Å². The van der Waals surface area contributed by atoms with Crippen molar-refractivity contribution in [1.29, 1.82) is 0 Å². The fourth-order valence-electron chi connectivity index (χ4n) is 1.30. The molecule has 5 nitrogen and oxygen atoms in total. The lowest BCUT2D eigenvalue weighted by Gasteiger charge is -2.07. The maximum Gasteiger partial charge on any atom is 0.437 e. The van der Waals surface area contributed by atoms with Gasteiger partial charge in [-0.3, -0.25) is 10.2 Å². The molecule has 0 bridgehead atoms. The summed E-state index contributed by atoms with van der Waals surface area (Å²) in [5, 5.41) is 6.32. The smallest absolute Gasteiger partial charge is 0.437 e. The van der Waals surface area contributed by atoms with E-state index in [2.05, 4.69) is 22.2 Å². The summed E-state index contributed by atoms with van der Waals surface area (Å²) in [5.74, 6) is 0.780. The second-order valence-corrected chi connectivity index (χ2v) is 5.19. The molecule has 0 aromatic heterocycles. The third kappa shape index (κ3) is 6.99. The standard InChI is InChI=1S/C15H21ClN2O3/c1-4-5-10-20-13-8-6-12(7-9-13)17-15(19)21-18-14(16)11(2)3/h6-9,11H,4-5,10H2,1-3H3,(H,17,19)/b18-14+. The minimum atomic E-state index is -0.687. The molecule has 1 amide bonds. The molecule has 0 saturated carbocycles. The van der Waals surface area contributed by atoms with Crippen LogP contribution in [0.2, 0.25) is 0 Å². The number of anilines is 1. The highest BCUT2D eigenvalue weighted by Gasteiger charge is 2.06. The van der Waals surface area contributed by atoms with E-state index in [1.54, 1.807) is 24.3 Å². The number of carbonyl (C=O) groups is 1. The minimum absolute atomic E-state index is 0.0130. The molecule has 1 aromatic rings. The van der Waals surface area contributed by atoms with Crippen molar-refractivity contribution in [2.24, 2.45) is 11.1 Å². The van der Waals surface area contributed by atoms with E-state index in [1.165, 1.54) is 0 Å². The van der Waals surface area contributed by atoms with E-state index in [4.69, 9.17) is 16.3 Å². The van der Waals surface area contributed by atoms with E-state index < -0.39 is 6.09 Å². The third-order valence-electron chi connectivity index (χ3n) is 2.56. The highest BCUT2D eigenvalue weighted by atomic mass is 35.5. The molecule has 1 aromatic carbocycles. The summed E-state index contributed by atoms with van der Waals surface area (Å²) >= 11 is 5.77. The van der Waals surface area contributed by atoms with E-state index >= 15 is 0 Å². The summed E-state index contributed by atoms with van der Waals surface area (Å²) in [4.78, 5) is 16.2. The van der Waals surface area contributed by atoms with Crippen LogP contribution in [0.4, 0.5) is 10.5 Å². The molecular formula is C15H21ClN2O3. The van der Waals surface area contributed by atoms with Gasteiger partial charge in [0.2, 0.25) is 0 Å². The number of hydrogen-bond acceptors (Lipinski definition) is 4. The first kappa shape index (κ1) is 17.3. The molecule has 1 rings (SSSR count). The maximum absolute atomic E-state index is 11.5. The lowest BCUT2D eigenvalue weighted by atomic mass is 10.2. The van der Waals surface area contributed by atoms with Crippen LogP contribution in [0.15, 0.2) is 29.4 Å². The number of ether oxygens (including phenoxy) is 1. The van der Waals surface area contributed by atoms with Gasteiger partial charge in [-0.2, -0.15) is 0 Å². The van der Waals surface area contributed by atoms with Crippen LogP contribution >= 0.6 is 11.6 Å². The van der Waals surface area contributed by atoms with Crippen LogP contribution in [-0.4, -0.2) is 17.9 Å². The Bertz CT molecular complexity index is 472. The van der Waals surface area contributed by atoms with Crippen molar-refractivity contribution in [3.05, 3.63) is 24.3 Å². The van der Waals surface area contributed by atoms with Crippen molar-refractivity contribution in [3.63, 3.8) is 0 Å². The zero-order valence-corrected chi connectivity index (χ0v) is 13.3. The number of nitrogens with zero attached hydrogens (tertiary/aromatic N) is 1. The Kier molecular flexibility index (Phi) is 7.61. The number of unbranched alkanes of at least 4 members (excludes halogenated alkanes) is 1. The van der Waals surface area contributed by atoms with Gasteiger partial charge in [0.1, 0.15) is 10.9 Å². The first-order valence-corrected chi connectivity index (χ1v) is 7.35. The molecule has 0 unspecified atom stereocenters. The summed E-state index contributed by atoms with van der Waals surface area (Å²) in [7, 11) is 0. The van der Waals surface area contributed by atoms with Crippen LogP contribution in [0.3, 0.4) is 0 Å². The van der Waals surface area contributed by atoms with Gasteiger partial charge in [0.25, 0.3) is 0 Å². The first-order chi connectivity index (χ1) is 10.0. The fraction of sp³-hybridized carbons (Fsp3) is 0.467. The molecule has 0 atom stereocenters. The van der Waals surface area contributed by atoms with Gasteiger partial charge in [0.15, 0.2) is 0 Å². The largest absolute Gasteiger partial charge is 0.494 e. The summed E-state index contributed by atoms with van der Waals surface area (Å²) < 4.78 is 5.53. The van der Waals surface area contributed by atoms with E-state index in [-0.39, 0.29) is 11.1 Å². The number of carbonyl (C=O) groups excluding carboxylic acids is 1. The highest BCUT2D eigenvalue weighted by Crippen LogP contribution is 2.16. The van der Waals surface area contributed by atoms with Crippen molar-refractivity contribution in [3.8, 4) is 5.75 Å². The molecule has 0 saturated heterocycles. The van der Waals surface area contributed by atoms with Gasteiger partial charge >= 0.3 is 6.09 Å². The molecule has 6 heteroatoms. The second kappa shape index (κ2) is 9.23. The Morgan fingerprint density at radius 2 is 2.00 bits per heavy atom. The van der Waals surface area contributed by atoms with Crippen molar-refractivity contribution >= 4 is 28.6 Å². The molecule has 0 fully saturated rings. The molecule has 0 heterocycles. The van der Waals surface area contributed by atoms with Gasteiger partial charge in [-0.1, -0.05) is 43.9 Å². The van der Waals surface area contributed by atoms with Crippen LogP contribution < -0.4 is 10.1 Å². The number of halogens is 1. The lowest BCUT2D eigenvalue weighted by molar-refractivity contribution is 0.166. The highest BCUT2D eigenvalue weighted by molar-refractivity contribution is 6.65. The Morgan fingerprint density at radius 1 is 1.33 bits per heavy atom. The molecule has 0 spiro atoms. The van der Waals surface area contributed by atoms with Crippen LogP contribution in [-0.2, 0) is 4.84 Å². The number of benzene rings is 1. The van der Waals surface area contributed by atoms with Crippen LogP contribution in [0, 0.1) is 5.92 Å². The number of nitrogens with one attached hydrogen (secondary N) is 1. The van der Waals surface area contributed by atoms with Crippen LogP contribution in [0.1, 0.15) is 33.6 Å². The summed E-state index contributed by atoms with van der Waals surface area (Å²) in [6, 6.07) is 7.04. The molecule has 0 radical (unpaired) electrons. The molecule has 116 valence electrons. The van der Waals surface area contributed by atoms with Gasteiger partial charge < -0.3 is 4.74 Å². The van der Waals surface area contributed by atoms with Gasteiger partial charge in [0, 0.05) is 11.6 Å². The van der Waals surface area contributed by atoms with Gasteiger partial charge in [-0.15, -0.1) is 0 Å². The third-order valence-corrected chi connectivity index (χ3v) is 3.06. The number of oxime groups is 1. The van der Waals surface area contributed by atoms with E-state index in [0.29, 0.717) is 12.3 Å². The van der Waals surface area contributed by atoms with E-state index in [9.17, 15) is 4.79 Å². The molecule has 0 aliphatic heterocycles. The second-order valence-electron chi connectivity index (χ2n) is 4.80. The predicted octanol–water partition coefficient (Wildman–Crippen LogP) is 4.62. The summed E-state index contributed by atoms with van der Waals surface area (Å²) in [6.07, 6.45) is 1.42. The summed E-state index contributed by atoms with van der Waals surface area (Å²) in [6.45, 7) is 6.50. The normalized spacial score (nSPS) is 11.4. The molecule has 0 aliphatic carbocycles. The fourth-order valence-corrected chi connectivity index (χ4v) is 1.33. The SMILES string of the molecule is CCCCOc1ccc(NC(=O)O/N=C(/Cl)C(C)C)cc1. The average Bonchev–Trinajstić information content (AvgIpc) is 2.46. The van der Waals surface area contributed by atoms with E-state index in [1.807, 2.05) is 13.8 Å². The molecule has 21 heavy (non-hydrogen) atoms. The van der Waals surface area contributed by atoms with Gasteiger partial charge in [0.05, 0.1) is 6.61 Å². The van der Waals surface area contributed by atoms with Crippen molar-refractivity contribution < 1.29 is 14.4 Å². The van der Waals surface area contributed by atoms with Crippen molar-refractivity contribution in [2.45, 2.75) is 33.6 Å². The van der Waals surface area contributed by atoms with E-state index in [0.717, 1.165) is 18.6 Å². The number of hydrogen-bond donors (Lipinski definition) is 1. The molecular weight excluding hydrogens is 292 g/mol. The zero-order chi connectivity index (χ0) is 15.7. The predicted molar refractivity (Wildman–Crippen MR) is 85.1 cm³/mol. The minimum Gasteiger partial charge on any atom is -0.494 e. The topological polar surface area (TPSA) is 59.9 Å². The first-order valence-electron chi connectivity index (χ1n) is 6.97. The average molecular weight is 313 g/mol. The summed E-state index contributed by atoms with van der Waals surface area (Å²) in [5.41, 5.74) is 0.596. The van der Waals surface area contributed by atoms with Crippen LogP contribution in [0.5, 0.6) is 5.75 Å². The number of amides is 1.